The van der Waals surface area contributed by atoms with Crippen molar-refractivity contribution in [3.63, 3.8) is 0 Å². The van der Waals surface area contributed by atoms with Crippen LogP contribution in [-0.2, 0) is 4.79 Å². The van der Waals surface area contributed by atoms with E-state index < -0.39 is 5.97 Å². The van der Waals surface area contributed by atoms with Crippen LogP contribution in [0.4, 0.5) is 0 Å². The number of carboxylic acids is 1. The van der Waals surface area contributed by atoms with Crippen molar-refractivity contribution in [1.82, 2.24) is 10.3 Å². The van der Waals surface area contributed by atoms with Crippen molar-refractivity contribution >= 4 is 23.5 Å². The fraction of sp³-hybridized carbons (Fsp3) is 0.588. The molecule has 1 heterocycles. The van der Waals surface area contributed by atoms with Crippen molar-refractivity contribution in [1.29, 1.82) is 0 Å². The van der Waals surface area contributed by atoms with Crippen LogP contribution in [0.1, 0.15) is 61.7 Å². The van der Waals surface area contributed by atoms with E-state index in [9.17, 15) is 9.59 Å². The minimum atomic E-state index is -0.838. The molecule has 1 aromatic rings. The first kappa shape index (κ1) is 17.7. The van der Waals surface area contributed by atoms with Crippen LogP contribution in [0.25, 0.3) is 0 Å². The van der Waals surface area contributed by atoms with E-state index in [1.807, 2.05) is 0 Å². The number of aliphatic carboxylic acids is 1. The topological polar surface area (TPSA) is 79.3 Å². The number of nitrogens with one attached hydrogen (secondary N) is 1. The molecule has 1 aliphatic rings. The number of amides is 1. The van der Waals surface area contributed by atoms with Gasteiger partial charge in [0.25, 0.3) is 5.91 Å². The van der Waals surface area contributed by atoms with Gasteiger partial charge in [0, 0.05) is 24.9 Å². The van der Waals surface area contributed by atoms with Gasteiger partial charge >= 0.3 is 5.97 Å². The van der Waals surface area contributed by atoms with E-state index in [4.69, 9.17) is 16.7 Å². The summed E-state index contributed by atoms with van der Waals surface area (Å²) in [6.07, 6.45) is 10.3. The van der Waals surface area contributed by atoms with Gasteiger partial charge in [0.2, 0.25) is 0 Å². The highest BCUT2D eigenvalue weighted by Gasteiger charge is 2.22. The van der Waals surface area contributed by atoms with E-state index in [0.717, 1.165) is 19.3 Å². The summed E-state index contributed by atoms with van der Waals surface area (Å²) in [5, 5.41) is 12.2. The molecule has 1 amide bonds. The molecule has 0 bridgehead atoms. The highest BCUT2D eigenvalue weighted by Crippen LogP contribution is 2.28. The fourth-order valence-electron chi connectivity index (χ4n) is 3.19. The number of aromatic nitrogens is 1. The second-order valence-corrected chi connectivity index (χ2v) is 6.61. The second kappa shape index (κ2) is 8.87. The third kappa shape index (κ3) is 5.82. The summed E-state index contributed by atoms with van der Waals surface area (Å²) in [7, 11) is 0. The Labute approximate surface area is 141 Å². The van der Waals surface area contributed by atoms with Gasteiger partial charge in [0.1, 0.15) is 0 Å². The number of hydrogen-bond donors (Lipinski definition) is 2. The maximum atomic E-state index is 12.4. The summed E-state index contributed by atoms with van der Waals surface area (Å²) in [5.41, 5.74) is 0.380. The molecule has 1 aromatic heterocycles. The van der Waals surface area contributed by atoms with E-state index in [-0.39, 0.29) is 18.4 Å². The molecule has 0 aliphatic heterocycles. The Hall–Kier alpha value is -1.62. The Kier molecular flexibility index (Phi) is 6.84. The predicted octanol–water partition coefficient (Wildman–Crippen LogP) is 3.67. The Morgan fingerprint density at radius 2 is 2.09 bits per heavy atom. The number of carbonyl (C=O) groups excluding carboxylic acids is 1. The summed E-state index contributed by atoms with van der Waals surface area (Å²) >= 11 is 6.00. The number of rotatable bonds is 7. The lowest BCUT2D eigenvalue weighted by Gasteiger charge is -2.27. The van der Waals surface area contributed by atoms with Gasteiger partial charge in [-0.3, -0.25) is 14.6 Å². The monoisotopic (exact) mass is 338 g/mol. The van der Waals surface area contributed by atoms with Gasteiger partial charge < -0.3 is 10.4 Å². The summed E-state index contributed by atoms with van der Waals surface area (Å²) < 4.78 is 0. The molecule has 126 valence electrons. The predicted molar refractivity (Wildman–Crippen MR) is 88.6 cm³/mol. The number of carbonyl (C=O) groups is 2. The van der Waals surface area contributed by atoms with Crippen LogP contribution < -0.4 is 5.32 Å². The van der Waals surface area contributed by atoms with Crippen LogP contribution >= 0.6 is 11.6 Å². The number of hydrogen-bond acceptors (Lipinski definition) is 3. The van der Waals surface area contributed by atoms with Crippen LogP contribution in [-0.4, -0.2) is 28.0 Å². The lowest BCUT2D eigenvalue weighted by Crippen LogP contribution is -2.37. The largest absolute Gasteiger partial charge is 0.481 e. The molecular weight excluding hydrogens is 316 g/mol. The smallest absolute Gasteiger partial charge is 0.303 e. The third-order valence-corrected chi connectivity index (χ3v) is 4.70. The molecule has 1 atom stereocenters. The molecule has 0 radical (unpaired) electrons. The Balaban J connectivity index is 1.99. The van der Waals surface area contributed by atoms with Crippen LogP contribution in [0.3, 0.4) is 0 Å². The van der Waals surface area contributed by atoms with Gasteiger partial charge in [-0.25, -0.2) is 0 Å². The number of carboxylic acid groups (broad SMARTS) is 1. The quantitative estimate of drug-likeness (QED) is 0.795. The Morgan fingerprint density at radius 3 is 2.74 bits per heavy atom. The van der Waals surface area contributed by atoms with Crippen molar-refractivity contribution in [3.05, 3.63) is 29.0 Å². The van der Waals surface area contributed by atoms with Crippen LogP contribution in [0, 0.1) is 5.92 Å². The first-order valence-corrected chi connectivity index (χ1v) is 8.56. The third-order valence-electron chi connectivity index (χ3n) is 4.40. The fourth-order valence-corrected chi connectivity index (χ4v) is 3.40. The van der Waals surface area contributed by atoms with Crippen molar-refractivity contribution in [2.45, 2.75) is 57.4 Å². The molecule has 0 aromatic carbocycles. The Morgan fingerprint density at radius 1 is 1.35 bits per heavy atom. The first-order chi connectivity index (χ1) is 11.1. The summed E-state index contributed by atoms with van der Waals surface area (Å²) in [4.78, 5) is 27.1. The molecule has 0 saturated heterocycles. The molecule has 23 heavy (non-hydrogen) atoms. The van der Waals surface area contributed by atoms with Gasteiger partial charge in [-0.2, -0.15) is 0 Å². The highest BCUT2D eigenvalue weighted by atomic mass is 35.5. The molecule has 5 nitrogen and oxygen atoms in total. The summed E-state index contributed by atoms with van der Waals surface area (Å²) in [5.74, 6) is -0.533. The summed E-state index contributed by atoms with van der Waals surface area (Å²) in [6, 6.07) is 1.44. The molecule has 0 spiro atoms. The molecule has 2 rings (SSSR count). The van der Waals surface area contributed by atoms with Gasteiger partial charge in [-0.1, -0.05) is 43.7 Å². The van der Waals surface area contributed by atoms with Gasteiger partial charge in [0.05, 0.1) is 10.6 Å². The SMILES string of the molecule is O=C(O)CCC(CC1CCCCC1)NC(=O)c1ccncc1Cl. The molecule has 1 aliphatic carbocycles. The lowest BCUT2D eigenvalue weighted by atomic mass is 9.84. The molecule has 1 saturated carbocycles. The molecule has 1 unspecified atom stereocenters. The number of halogens is 1. The zero-order chi connectivity index (χ0) is 16.7. The first-order valence-electron chi connectivity index (χ1n) is 8.18. The van der Waals surface area contributed by atoms with E-state index in [1.165, 1.54) is 31.7 Å². The van der Waals surface area contributed by atoms with E-state index in [2.05, 4.69) is 10.3 Å². The van der Waals surface area contributed by atoms with Crippen molar-refractivity contribution in [2.24, 2.45) is 5.92 Å². The van der Waals surface area contributed by atoms with Crippen molar-refractivity contribution in [2.75, 3.05) is 0 Å². The van der Waals surface area contributed by atoms with E-state index in [0.29, 0.717) is 22.9 Å². The standard InChI is InChI=1S/C17H23ClN2O3/c18-15-11-19-9-8-14(15)17(23)20-13(6-7-16(21)22)10-12-4-2-1-3-5-12/h8-9,11-13H,1-7,10H2,(H,20,23)(H,21,22). The maximum absolute atomic E-state index is 12.4. The number of nitrogens with zero attached hydrogens (tertiary/aromatic N) is 1. The van der Waals surface area contributed by atoms with Gasteiger partial charge in [-0.05, 0) is 24.8 Å². The maximum Gasteiger partial charge on any atom is 0.303 e. The number of pyridine rings is 1. The lowest BCUT2D eigenvalue weighted by molar-refractivity contribution is -0.137. The average Bonchev–Trinajstić information content (AvgIpc) is 2.54. The van der Waals surface area contributed by atoms with Crippen LogP contribution in [0.5, 0.6) is 0 Å². The molecule has 1 fully saturated rings. The zero-order valence-corrected chi connectivity index (χ0v) is 13.9. The highest BCUT2D eigenvalue weighted by molar-refractivity contribution is 6.33. The van der Waals surface area contributed by atoms with E-state index in [1.54, 1.807) is 6.07 Å². The normalized spacial score (nSPS) is 16.7. The molecule has 6 heteroatoms. The van der Waals surface area contributed by atoms with Gasteiger partial charge in [-0.15, -0.1) is 0 Å². The van der Waals surface area contributed by atoms with Gasteiger partial charge in [0.15, 0.2) is 0 Å². The Bertz CT molecular complexity index is 544. The second-order valence-electron chi connectivity index (χ2n) is 6.20. The van der Waals surface area contributed by atoms with Crippen LogP contribution in [0.2, 0.25) is 5.02 Å². The summed E-state index contributed by atoms with van der Waals surface area (Å²) in [6.45, 7) is 0. The van der Waals surface area contributed by atoms with Crippen LogP contribution in [0.15, 0.2) is 18.5 Å². The average molecular weight is 339 g/mol. The van der Waals surface area contributed by atoms with Crippen molar-refractivity contribution < 1.29 is 14.7 Å². The molecule has 2 N–H and O–H groups in total. The zero-order valence-electron chi connectivity index (χ0n) is 13.1. The molecular formula is C17H23ClN2O3. The van der Waals surface area contributed by atoms with E-state index >= 15 is 0 Å². The minimum absolute atomic E-state index is 0.0573. The minimum Gasteiger partial charge on any atom is -0.481 e. The van der Waals surface area contributed by atoms with Crippen molar-refractivity contribution in [3.8, 4) is 0 Å².